The fourth-order valence-corrected chi connectivity index (χ4v) is 1.77. The Hall–Kier alpha value is -1.75. The van der Waals surface area contributed by atoms with Crippen molar-refractivity contribution in [2.45, 2.75) is 20.4 Å². The summed E-state index contributed by atoms with van der Waals surface area (Å²) in [5, 5.41) is 3.19. The lowest BCUT2D eigenvalue weighted by atomic mass is 10.1. The Kier molecular flexibility index (Phi) is 4.27. The maximum atomic E-state index is 13.7. The van der Waals surface area contributed by atoms with E-state index < -0.39 is 11.6 Å². The zero-order valence-electron chi connectivity index (χ0n) is 10.9. The van der Waals surface area contributed by atoms with Crippen molar-refractivity contribution in [3.63, 3.8) is 0 Å². The first-order chi connectivity index (χ1) is 9.09. The van der Waals surface area contributed by atoms with Crippen molar-refractivity contribution in [3.05, 3.63) is 41.9 Å². The molecule has 0 amide bonds. The van der Waals surface area contributed by atoms with Gasteiger partial charge in [0.2, 0.25) is 0 Å². The van der Waals surface area contributed by atoms with E-state index in [0.717, 1.165) is 12.6 Å². The number of halogens is 2. The number of hydrogen-bond donors (Lipinski definition) is 1. The zero-order valence-corrected chi connectivity index (χ0v) is 10.9. The Bertz CT molecular complexity index is 552. The van der Waals surface area contributed by atoms with E-state index in [-0.39, 0.29) is 11.3 Å². The molecule has 2 rings (SSSR count). The Morgan fingerprint density at radius 2 is 2.11 bits per heavy atom. The fraction of sp³-hybridized carbons (Fsp3) is 0.357. The van der Waals surface area contributed by atoms with Crippen LogP contribution in [-0.4, -0.2) is 11.5 Å². The molecule has 0 saturated heterocycles. The predicted molar refractivity (Wildman–Crippen MR) is 68.4 cm³/mol. The van der Waals surface area contributed by atoms with Crippen LogP contribution in [0.4, 0.5) is 8.78 Å². The van der Waals surface area contributed by atoms with Crippen LogP contribution in [0.3, 0.4) is 0 Å². The van der Waals surface area contributed by atoms with Crippen LogP contribution in [0.1, 0.15) is 19.5 Å². The van der Waals surface area contributed by atoms with Gasteiger partial charge in [-0.25, -0.2) is 13.8 Å². The van der Waals surface area contributed by atoms with Gasteiger partial charge in [0.15, 0.2) is 23.8 Å². The van der Waals surface area contributed by atoms with Gasteiger partial charge in [0, 0.05) is 6.54 Å². The molecule has 1 heterocycles. The predicted octanol–water partition coefficient (Wildman–Crippen LogP) is 3.37. The smallest absolute Gasteiger partial charge is 0.181 e. The second-order valence-corrected chi connectivity index (χ2v) is 4.75. The number of aromatic nitrogens is 1. The molecule has 0 spiro atoms. The highest BCUT2D eigenvalue weighted by molar-refractivity contribution is 5.60. The number of oxazole rings is 1. The molecule has 1 N–H and O–H groups in total. The lowest BCUT2D eigenvalue weighted by Gasteiger charge is -2.07. The molecule has 0 aliphatic carbocycles. The van der Waals surface area contributed by atoms with Crippen molar-refractivity contribution < 1.29 is 13.2 Å². The third-order valence-electron chi connectivity index (χ3n) is 2.68. The third kappa shape index (κ3) is 3.17. The maximum Gasteiger partial charge on any atom is 0.181 e. The van der Waals surface area contributed by atoms with Gasteiger partial charge in [-0.05, 0) is 24.6 Å². The first-order valence-electron chi connectivity index (χ1n) is 6.17. The van der Waals surface area contributed by atoms with E-state index in [9.17, 15) is 8.78 Å². The van der Waals surface area contributed by atoms with Gasteiger partial charge in [-0.3, -0.25) is 0 Å². The monoisotopic (exact) mass is 266 g/mol. The van der Waals surface area contributed by atoms with E-state index in [2.05, 4.69) is 24.1 Å². The third-order valence-corrected chi connectivity index (χ3v) is 2.68. The molecule has 0 atom stereocenters. The summed E-state index contributed by atoms with van der Waals surface area (Å²) in [6.07, 6.45) is 1.24. The number of nitrogens with zero attached hydrogens (tertiary/aromatic N) is 1. The first kappa shape index (κ1) is 13.7. The summed E-state index contributed by atoms with van der Waals surface area (Å²) in [5.74, 6) is -1.03. The fourth-order valence-electron chi connectivity index (χ4n) is 1.77. The van der Waals surface area contributed by atoms with Gasteiger partial charge < -0.3 is 9.73 Å². The SMILES string of the molecule is CC(C)CNCc1ncoc1-c1cccc(F)c1F. The Morgan fingerprint density at radius 1 is 1.32 bits per heavy atom. The molecule has 0 bridgehead atoms. The molecule has 0 saturated carbocycles. The summed E-state index contributed by atoms with van der Waals surface area (Å²) in [7, 11) is 0. The molecule has 3 nitrogen and oxygen atoms in total. The normalized spacial score (nSPS) is 11.2. The van der Waals surface area contributed by atoms with Crippen molar-refractivity contribution in [2.75, 3.05) is 6.54 Å². The number of rotatable bonds is 5. The lowest BCUT2D eigenvalue weighted by Crippen LogP contribution is -2.19. The minimum atomic E-state index is -0.913. The van der Waals surface area contributed by atoms with Gasteiger partial charge >= 0.3 is 0 Å². The van der Waals surface area contributed by atoms with Crippen LogP contribution < -0.4 is 5.32 Å². The summed E-state index contributed by atoms with van der Waals surface area (Å²) in [6.45, 7) is 5.45. The Morgan fingerprint density at radius 3 is 2.84 bits per heavy atom. The number of benzene rings is 1. The van der Waals surface area contributed by atoms with Crippen LogP contribution in [0, 0.1) is 17.6 Å². The highest BCUT2D eigenvalue weighted by Gasteiger charge is 2.17. The van der Waals surface area contributed by atoms with Crippen LogP contribution in [0.15, 0.2) is 29.0 Å². The summed E-state index contributed by atoms with van der Waals surface area (Å²) in [6, 6.07) is 4.00. The van der Waals surface area contributed by atoms with E-state index in [4.69, 9.17) is 4.42 Å². The van der Waals surface area contributed by atoms with Crippen molar-refractivity contribution >= 4 is 0 Å². The van der Waals surface area contributed by atoms with Crippen LogP contribution >= 0.6 is 0 Å². The van der Waals surface area contributed by atoms with E-state index >= 15 is 0 Å². The van der Waals surface area contributed by atoms with E-state index in [0.29, 0.717) is 18.2 Å². The minimum absolute atomic E-state index is 0.0962. The molecule has 0 radical (unpaired) electrons. The first-order valence-corrected chi connectivity index (χ1v) is 6.17. The summed E-state index contributed by atoms with van der Waals surface area (Å²) in [5.41, 5.74) is 0.670. The highest BCUT2D eigenvalue weighted by Crippen LogP contribution is 2.27. The number of hydrogen-bond acceptors (Lipinski definition) is 3. The molecule has 1 aromatic carbocycles. The van der Waals surface area contributed by atoms with Gasteiger partial charge in [0.25, 0.3) is 0 Å². The number of nitrogens with one attached hydrogen (secondary N) is 1. The van der Waals surface area contributed by atoms with Gasteiger partial charge in [-0.15, -0.1) is 0 Å². The van der Waals surface area contributed by atoms with E-state index in [1.165, 1.54) is 18.5 Å². The van der Waals surface area contributed by atoms with Crippen molar-refractivity contribution in [2.24, 2.45) is 5.92 Å². The van der Waals surface area contributed by atoms with Crippen molar-refractivity contribution in [1.82, 2.24) is 10.3 Å². The average molecular weight is 266 g/mol. The Balaban J connectivity index is 2.21. The van der Waals surface area contributed by atoms with Crippen LogP contribution in [0.2, 0.25) is 0 Å². The van der Waals surface area contributed by atoms with Gasteiger partial charge in [-0.1, -0.05) is 19.9 Å². The molecule has 1 aromatic heterocycles. The topological polar surface area (TPSA) is 38.1 Å². The molecule has 0 aliphatic heterocycles. The molecule has 0 unspecified atom stereocenters. The molecular weight excluding hydrogens is 250 g/mol. The van der Waals surface area contributed by atoms with Crippen LogP contribution in [0.5, 0.6) is 0 Å². The molecule has 0 aliphatic rings. The molecule has 0 fully saturated rings. The highest BCUT2D eigenvalue weighted by atomic mass is 19.2. The van der Waals surface area contributed by atoms with Gasteiger partial charge in [0.05, 0.1) is 5.56 Å². The van der Waals surface area contributed by atoms with Crippen molar-refractivity contribution in [3.8, 4) is 11.3 Å². The molecule has 102 valence electrons. The van der Waals surface area contributed by atoms with E-state index in [1.54, 1.807) is 0 Å². The second-order valence-electron chi connectivity index (χ2n) is 4.75. The molecular formula is C14H16F2N2O. The van der Waals surface area contributed by atoms with Gasteiger partial charge in [0.1, 0.15) is 5.69 Å². The van der Waals surface area contributed by atoms with Crippen LogP contribution in [0.25, 0.3) is 11.3 Å². The quantitative estimate of drug-likeness (QED) is 0.901. The standard InChI is InChI=1S/C14H16F2N2O/c1-9(2)6-17-7-12-14(19-8-18-12)10-4-3-5-11(15)13(10)16/h3-5,8-9,17H,6-7H2,1-2H3. The summed E-state index contributed by atoms with van der Waals surface area (Å²) < 4.78 is 32.1. The second kappa shape index (κ2) is 5.93. The van der Waals surface area contributed by atoms with E-state index in [1.807, 2.05) is 0 Å². The van der Waals surface area contributed by atoms with Crippen molar-refractivity contribution in [1.29, 1.82) is 0 Å². The lowest BCUT2D eigenvalue weighted by molar-refractivity contribution is 0.502. The molecule has 5 heteroatoms. The Labute approximate surface area is 110 Å². The van der Waals surface area contributed by atoms with Crippen LogP contribution in [-0.2, 0) is 6.54 Å². The average Bonchev–Trinajstić information content (AvgIpc) is 2.80. The molecule has 2 aromatic rings. The largest absolute Gasteiger partial charge is 0.443 e. The molecule has 19 heavy (non-hydrogen) atoms. The van der Waals surface area contributed by atoms with Gasteiger partial charge in [-0.2, -0.15) is 0 Å². The maximum absolute atomic E-state index is 13.7. The zero-order chi connectivity index (χ0) is 13.8. The summed E-state index contributed by atoms with van der Waals surface area (Å²) in [4.78, 5) is 4.04. The minimum Gasteiger partial charge on any atom is -0.443 e. The summed E-state index contributed by atoms with van der Waals surface area (Å²) >= 11 is 0.